The standard InChI is InChI=1S/B4H2.Li/c1-3-4-2;/h1,3H;/q-1;+1/i1T,3D;. The Morgan fingerprint density at radius 2 is 3.20 bits per heavy atom. The summed E-state index contributed by atoms with van der Waals surface area (Å²) in [4.78, 5) is 0. The van der Waals surface area contributed by atoms with E-state index in [-0.39, 0.29) is 18.9 Å². The van der Waals surface area contributed by atoms with E-state index in [1.807, 2.05) is 0 Å². The third-order valence-corrected chi connectivity index (χ3v) is 0.111. The largest absolute Gasteiger partial charge is 1.00 e. The van der Waals surface area contributed by atoms with E-state index >= 15 is 0 Å². The Bertz CT molecular complexity index is 28.9. The Morgan fingerprint density at radius 3 is 3.20 bits per heavy atom. The second kappa shape index (κ2) is 8.85. The molecule has 0 aliphatic carbocycles. The molecule has 0 rings (SSSR count). The van der Waals surface area contributed by atoms with Crippen LogP contribution in [0.25, 0.3) is 0 Å². The Labute approximate surface area is 51.6 Å². The maximum absolute atomic E-state index is 6.65. The first-order valence-corrected chi connectivity index (χ1v) is 1.00. The molecular weight excluding hydrogens is 50.2 g/mol. The molecule has 0 saturated heterocycles. The smallest absolute Gasteiger partial charge is 0.406 e. The molecular formula is H2B4Li. The molecule has 0 amide bonds. The van der Waals surface area contributed by atoms with Crippen LogP contribution in [0.2, 0.25) is 0 Å². The summed E-state index contributed by atoms with van der Waals surface area (Å²) in [6, 6.07) is 0. The van der Waals surface area contributed by atoms with Crippen LogP contribution in [-0.4, -0.2) is 32.2 Å². The first kappa shape index (κ1) is 4.03. The van der Waals surface area contributed by atoms with Gasteiger partial charge in [0.2, 0.25) is 0 Å². The van der Waals surface area contributed by atoms with Gasteiger partial charge in [0, 0.05) is 0 Å². The maximum atomic E-state index is 6.65. The van der Waals surface area contributed by atoms with Gasteiger partial charge in [-0.25, -0.2) is 0 Å². The van der Waals surface area contributed by atoms with Gasteiger partial charge in [-0.15, -0.1) is 0 Å². The van der Waals surface area contributed by atoms with Crippen LogP contribution in [0.3, 0.4) is 0 Å². The normalized spacial score (nSPS) is 9.60. The zero-order valence-electron chi connectivity index (χ0n) is 5.31. The average Bonchev–Trinajstić information content (AvgIpc) is 1.65. The molecule has 0 heterocycles. The summed E-state index contributed by atoms with van der Waals surface area (Å²) in [6.45, 7) is 0. The second-order valence-electron chi connectivity index (χ2n) is 0.385. The van der Waals surface area contributed by atoms with E-state index in [0.29, 0.717) is 0 Å². The molecule has 0 aliphatic heterocycles. The Balaban J connectivity index is 0. The summed E-state index contributed by atoms with van der Waals surface area (Å²) in [5.41, 5.74) is 0. The van der Waals surface area contributed by atoms with E-state index < -0.39 is 7.02 Å². The van der Waals surface area contributed by atoms with Crippen molar-refractivity contribution in [2.45, 2.75) is 0 Å². The van der Waals surface area contributed by atoms with Crippen LogP contribution in [-0.2, 0) is 0 Å². The average molecular weight is 55.2 g/mol. The zero-order valence-corrected chi connectivity index (χ0v) is 3.31. The van der Waals surface area contributed by atoms with Crippen LogP contribution in [0, 0.1) is 0 Å². The van der Waals surface area contributed by atoms with Crippen LogP contribution in [0.1, 0.15) is 0 Å². The van der Waals surface area contributed by atoms with Gasteiger partial charge in [-0.05, 0) is 14.8 Å². The summed E-state index contributed by atoms with van der Waals surface area (Å²) >= 11 is 0. The number of rotatable bonds is 2. The van der Waals surface area contributed by atoms with Gasteiger partial charge in [-0.1, -0.05) is 1.34 Å². The molecule has 0 aromatic carbocycles. The predicted molar refractivity (Wildman–Crippen MR) is 25.8 cm³/mol. The summed E-state index contributed by atoms with van der Waals surface area (Å²) in [5, 5.41) is 0. The molecule has 0 atom stereocenters. The molecule has 5 heavy (non-hydrogen) atoms. The third-order valence-electron chi connectivity index (χ3n) is 0.111. The van der Waals surface area contributed by atoms with Gasteiger partial charge in [-0.2, -0.15) is 7.02 Å². The minimum Gasteiger partial charge on any atom is -0.406 e. The van der Waals surface area contributed by atoms with Crippen molar-refractivity contribution in [2.75, 3.05) is 0 Å². The summed E-state index contributed by atoms with van der Waals surface area (Å²) in [6.07, 6.45) is 0. The Hall–Kier alpha value is 0.857. The molecule has 0 aromatic rings. The summed E-state index contributed by atoms with van der Waals surface area (Å²) in [7, 11) is 6.30. The topological polar surface area (TPSA) is 0 Å². The van der Waals surface area contributed by atoms with E-state index in [9.17, 15) is 0 Å². The van der Waals surface area contributed by atoms with Crippen molar-refractivity contribution in [3.05, 3.63) is 0 Å². The van der Waals surface area contributed by atoms with Crippen molar-refractivity contribution in [3.8, 4) is 0 Å². The third kappa shape index (κ3) is 11.5. The van der Waals surface area contributed by atoms with E-state index in [4.69, 9.17) is 10.4 Å². The molecule has 0 bridgehead atoms. The van der Waals surface area contributed by atoms with Crippen LogP contribution in [0.5, 0.6) is 0 Å². The number of hydrogen-bond acceptors (Lipinski definition) is 0. The molecule has 0 aliphatic rings. The molecule has 5 radical (unpaired) electrons. The van der Waals surface area contributed by atoms with Crippen LogP contribution >= 0.6 is 0 Å². The monoisotopic (exact) mass is 56.1 g/mol. The SMILES string of the molecule is [2H]B([B][B])[B-][3H].[Li+]. The van der Waals surface area contributed by atoms with Crippen LogP contribution in [0.4, 0.5) is 0 Å². The van der Waals surface area contributed by atoms with Gasteiger partial charge in [0.25, 0.3) is 0 Å². The first-order chi connectivity index (χ1) is 2.81. The molecule has 0 unspecified atom stereocenters. The minimum absolute atomic E-state index is 0. The number of hydrogen-bond donors (Lipinski definition) is 0. The van der Waals surface area contributed by atoms with Gasteiger partial charge < -0.3 is 9.04 Å². The molecule has 0 saturated carbocycles. The van der Waals surface area contributed by atoms with Gasteiger partial charge >= 0.3 is 18.9 Å². The fraction of sp³-hybridized carbons (Fsp3) is 0. The Kier molecular flexibility index (Phi) is 7.13. The van der Waals surface area contributed by atoms with Crippen molar-refractivity contribution in [1.29, 1.82) is 2.67 Å². The fourth-order valence-corrected chi connectivity index (χ4v) is 0. The first-order valence-electron chi connectivity index (χ1n) is 2.15. The quantitative estimate of drug-likeness (QED) is 0.277. The summed E-state index contributed by atoms with van der Waals surface area (Å²) < 4.78 is 13.0. The van der Waals surface area contributed by atoms with Crippen molar-refractivity contribution in [1.82, 2.24) is 0 Å². The van der Waals surface area contributed by atoms with Crippen LogP contribution < -0.4 is 18.9 Å². The molecule has 5 heteroatoms. The molecule has 0 fully saturated rings. The van der Waals surface area contributed by atoms with E-state index in [0.717, 1.165) is 14.8 Å². The fourth-order valence-electron chi connectivity index (χ4n) is 0. The van der Waals surface area contributed by atoms with Gasteiger partial charge in [0.1, 0.15) is 0 Å². The van der Waals surface area contributed by atoms with Crippen molar-refractivity contribution in [2.24, 2.45) is 0 Å². The van der Waals surface area contributed by atoms with Crippen molar-refractivity contribution >= 4 is 29.5 Å². The van der Waals surface area contributed by atoms with E-state index in [1.54, 1.807) is 0 Å². The van der Waals surface area contributed by atoms with Gasteiger partial charge in [0.05, 0.1) is 0 Å². The predicted octanol–water partition coefficient (Wildman–Crippen LogP) is -5.05. The second-order valence-corrected chi connectivity index (χ2v) is 0.385. The van der Waals surface area contributed by atoms with E-state index in [2.05, 4.69) is 0 Å². The minimum atomic E-state index is -0.620. The van der Waals surface area contributed by atoms with Crippen molar-refractivity contribution in [3.63, 3.8) is 0 Å². The summed E-state index contributed by atoms with van der Waals surface area (Å²) in [5.74, 6) is 0. The van der Waals surface area contributed by atoms with Gasteiger partial charge in [0.15, 0.2) is 0 Å². The zero-order chi connectivity index (χ0) is 4.99. The molecule has 0 nitrogen and oxygen atoms in total. The Morgan fingerprint density at radius 1 is 2.60 bits per heavy atom. The van der Waals surface area contributed by atoms with Crippen molar-refractivity contribution < 1.29 is 18.9 Å². The molecule has 15 valence electrons. The molecule has 0 spiro atoms. The van der Waals surface area contributed by atoms with Gasteiger partial charge in [-0.3, -0.25) is 0 Å². The van der Waals surface area contributed by atoms with E-state index in [1.165, 1.54) is 0 Å². The van der Waals surface area contributed by atoms with Crippen LogP contribution in [0.15, 0.2) is 0 Å². The molecule has 0 N–H and O–H groups in total. The maximum Gasteiger partial charge on any atom is 1.00 e. The molecule has 0 aromatic heterocycles.